The van der Waals surface area contributed by atoms with Gasteiger partial charge in [0.2, 0.25) is 5.91 Å². The van der Waals surface area contributed by atoms with E-state index in [-0.39, 0.29) is 31.6 Å². The van der Waals surface area contributed by atoms with Gasteiger partial charge in [-0.15, -0.1) is 0 Å². The molecule has 3 atom stereocenters. The van der Waals surface area contributed by atoms with Crippen molar-refractivity contribution in [1.29, 1.82) is 0 Å². The third-order valence-corrected chi connectivity index (χ3v) is 2.84. The minimum absolute atomic E-state index is 0.00718. The second-order valence-electron chi connectivity index (χ2n) is 4.47. The van der Waals surface area contributed by atoms with E-state index in [1.165, 1.54) is 0 Å². The number of carbonyl (C=O) groups is 3. The van der Waals surface area contributed by atoms with Gasteiger partial charge in [0.15, 0.2) is 5.78 Å². The summed E-state index contributed by atoms with van der Waals surface area (Å²) >= 11 is 0. The van der Waals surface area contributed by atoms with Crippen LogP contribution in [0.4, 0.5) is 0 Å². The molecule has 0 saturated carbocycles. The maximum atomic E-state index is 12.0. The molecule has 0 rings (SSSR count). The molecule has 0 aliphatic carbocycles. The second kappa shape index (κ2) is 8.57. The molecule has 0 aliphatic rings. The van der Waals surface area contributed by atoms with Crippen LogP contribution in [-0.4, -0.2) is 41.4 Å². The van der Waals surface area contributed by atoms with Crippen molar-refractivity contribution in [2.45, 2.75) is 37.8 Å². The van der Waals surface area contributed by atoms with Crippen LogP contribution in [0.25, 0.3) is 0 Å². The summed E-state index contributed by atoms with van der Waals surface area (Å²) in [4.78, 5) is 33.3. The molecule has 0 aromatic heterocycles. The standard InChI is InChI=1S/C11H22N4O4/c12-4-3-6(5-8(14)11(18)19)10(17)7(13)1-2-9(15)16/h6-8H,1-5,12-14H2,(H2,15,16)(H,18,19)/t6?,7-,8+/m1/s1. The second-order valence-corrected chi connectivity index (χ2v) is 4.47. The van der Waals surface area contributed by atoms with Crippen molar-refractivity contribution >= 4 is 17.7 Å². The number of hydrogen-bond acceptors (Lipinski definition) is 6. The highest BCUT2D eigenvalue weighted by Crippen LogP contribution is 2.15. The third kappa shape index (κ3) is 6.85. The van der Waals surface area contributed by atoms with Crippen LogP contribution in [0.2, 0.25) is 0 Å². The van der Waals surface area contributed by atoms with Crippen LogP contribution in [0.3, 0.4) is 0 Å². The number of Topliss-reactive ketones (excluding diaryl/α,β-unsaturated/α-hetero) is 1. The van der Waals surface area contributed by atoms with Crippen molar-refractivity contribution in [2.75, 3.05) is 6.54 Å². The van der Waals surface area contributed by atoms with Crippen molar-refractivity contribution in [3.8, 4) is 0 Å². The van der Waals surface area contributed by atoms with Gasteiger partial charge >= 0.3 is 5.97 Å². The lowest BCUT2D eigenvalue weighted by Crippen LogP contribution is -2.41. The van der Waals surface area contributed by atoms with E-state index in [2.05, 4.69) is 0 Å². The van der Waals surface area contributed by atoms with Gasteiger partial charge in [-0.2, -0.15) is 0 Å². The van der Waals surface area contributed by atoms with E-state index in [4.69, 9.17) is 28.0 Å². The number of nitrogens with two attached hydrogens (primary N) is 4. The summed E-state index contributed by atoms with van der Waals surface area (Å²) in [5, 5.41) is 8.74. The van der Waals surface area contributed by atoms with Crippen molar-refractivity contribution < 1.29 is 19.5 Å². The molecule has 0 saturated heterocycles. The van der Waals surface area contributed by atoms with Crippen molar-refractivity contribution in [3.05, 3.63) is 0 Å². The Balaban J connectivity index is 4.54. The molecule has 19 heavy (non-hydrogen) atoms. The summed E-state index contributed by atoms with van der Waals surface area (Å²) in [6.07, 6.45) is 0.435. The molecule has 0 spiro atoms. The first kappa shape index (κ1) is 17.5. The summed E-state index contributed by atoms with van der Waals surface area (Å²) in [5.41, 5.74) is 21.4. The van der Waals surface area contributed by atoms with Crippen molar-refractivity contribution in [3.63, 3.8) is 0 Å². The summed E-state index contributed by atoms with van der Waals surface area (Å²) in [5.74, 6) is -2.66. The zero-order valence-electron chi connectivity index (χ0n) is 10.7. The first-order valence-electron chi connectivity index (χ1n) is 6.05. The van der Waals surface area contributed by atoms with E-state index >= 15 is 0 Å². The SMILES string of the molecule is NCCC(C[C@H](N)C(=O)O)C(=O)[C@H](N)CCC(N)=O. The molecule has 0 fully saturated rings. The van der Waals surface area contributed by atoms with Crippen molar-refractivity contribution in [1.82, 2.24) is 0 Å². The molecule has 1 unspecified atom stereocenters. The Morgan fingerprint density at radius 2 is 1.63 bits per heavy atom. The Morgan fingerprint density at radius 1 is 1.05 bits per heavy atom. The van der Waals surface area contributed by atoms with Gasteiger partial charge in [-0.25, -0.2) is 0 Å². The highest BCUT2D eigenvalue weighted by molar-refractivity contribution is 5.87. The van der Waals surface area contributed by atoms with Gasteiger partial charge in [0.05, 0.1) is 6.04 Å². The van der Waals surface area contributed by atoms with Gasteiger partial charge in [-0.3, -0.25) is 14.4 Å². The van der Waals surface area contributed by atoms with Gasteiger partial charge in [0, 0.05) is 12.3 Å². The lowest BCUT2D eigenvalue weighted by atomic mass is 9.88. The van der Waals surface area contributed by atoms with E-state index < -0.39 is 29.9 Å². The molecule has 0 aromatic rings. The first-order valence-corrected chi connectivity index (χ1v) is 6.05. The van der Waals surface area contributed by atoms with Crippen LogP contribution in [0.5, 0.6) is 0 Å². The number of amides is 1. The van der Waals surface area contributed by atoms with E-state index in [1.807, 2.05) is 0 Å². The monoisotopic (exact) mass is 274 g/mol. The molecular weight excluding hydrogens is 252 g/mol. The predicted octanol–water partition coefficient (Wildman–Crippen LogP) is -2.08. The summed E-state index contributed by atoms with van der Waals surface area (Å²) in [6, 6.07) is -1.99. The van der Waals surface area contributed by atoms with Gasteiger partial charge in [-0.1, -0.05) is 0 Å². The molecule has 0 aromatic carbocycles. The molecule has 1 amide bonds. The average Bonchev–Trinajstić information content (AvgIpc) is 2.34. The molecule has 9 N–H and O–H groups in total. The zero-order valence-corrected chi connectivity index (χ0v) is 10.7. The molecule has 0 bridgehead atoms. The Labute approximate surface area is 111 Å². The fourth-order valence-corrected chi connectivity index (χ4v) is 1.73. The van der Waals surface area contributed by atoms with Gasteiger partial charge in [-0.05, 0) is 25.8 Å². The highest BCUT2D eigenvalue weighted by Gasteiger charge is 2.27. The number of carboxylic acids is 1. The summed E-state index contributed by atoms with van der Waals surface area (Å²) in [6.45, 7) is 0.227. The minimum atomic E-state index is -1.18. The Kier molecular flexibility index (Phi) is 7.89. The smallest absolute Gasteiger partial charge is 0.320 e. The van der Waals surface area contributed by atoms with Gasteiger partial charge < -0.3 is 28.0 Å². The minimum Gasteiger partial charge on any atom is -0.480 e. The number of hydrogen-bond donors (Lipinski definition) is 5. The summed E-state index contributed by atoms with van der Waals surface area (Å²) < 4.78 is 0. The Hall–Kier alpha value is -1.51. The van der Waals surface area contributed by atoms with Gasteiger partial charge in [0.1, 0.15) is 6.04 Å². The number of rotatable bonds is 10. The molecular formula is C11H22N4O4. The lowest BCUT2D eigenvalue weighted by Gasteiger charge is -2.20. The molecule has 0 heterocycles. The number of ketones is 1. The Bertz CT molecular complexity index is 335. The van der Waals surface area contributed by atoms with Crippen LogP contribution in [0.1, 0.15) is 25.7 Å². The quantitative estimate of drug-likeness (QED) is 0.303. The number of carbonyl (C=O) groups excluding carboxylic acids is 2. The fourth-order valence-electron chi connectivity index (χ4n) is 1.73. The highest BCUT2D eigenvalue weighted by atomic mass is 16.4. The average molecular weight is 274 g/mol. The topological polar surface area (TPSA) is 176 Å². The largest absolute Gasteiger partial charge is 0.480 e. The van der Waals surface area contributed by atoms with Crippen molar-refractivity contribution in [2.24, 2.45) is 28.9 Å². The molecule has 8 nitrogen and oxygen atoms in total. The van der Waals surface area contributed by atoms with Crippen LogP contribution >= 0.6 is 0 Å². The molecule has 0 aliphatic heterocycles. The fraction of sp³-hybridized carbons (Fsp3) is 0.727. The summed E-state index contributed by atoms with van der Waals surface area (Å²) in [7, 11) is 0. The molecule has 110 valence electrons. The molecule has 8 heteroatoms. The Morgan fingerprint density at radius 3 is 2.05 bits per heavy atom. The van der Waals surface area contributed by atoms with E-state index in [1.54, 1.807) is 0 Å². The number of carboxylic acid groups (broad SMARTS) is 1. The normalized spacial score (nSPS) is 15.5. The van der Waals surface area contributed by atoms with E-state index in [9.17, 15) is 14.4 Å². The van der Waals surface area contributed by atoms with Crippen LogP contribution < -0.4 is 22.9 Å². The lowest BCUT2D eigenvalue weighted by molar-refractivity contribution is -0.139. The number of aliphatic carboxylic acids is 1. The van der Waals surface area contributed by atoms with E-state index in [0.29, 0.717) is 6.42 Å². The maximum absolute atomic E-state index is 12.0. The number of primary amides is 1. The zero-order chi connectivity index (χ0) is 15.0. The van der Waals surface area contributed by atoms with E-state index in [0.717, 1.165) is 0 Å². The van der Waals surface area contributed by atoms with Crippen LogP contribution in [-0.2, 0) is 14.4 Å². The predicted molar refractivity (Wildman–Crippen MR) is 68.8 cm³/mol. The van der Waals surface area contributed by atoms with Gasteiger partial charge in [0.25, 0.3) is 0 Å². The van der Waals surface area contributed by atoms with Crippen LogP contribution in [0, 0.1) is 5.92 Å². The van der Waals surface area contributed by atoms with Crippen LogP contribution in [0.15, 0.2) is 0 Å². The first-order chi connectivity index (χ1) is 8.79. The molecule has 0 radical (unpaired) electrons. The maximum Gasteiger partial charge on any atom is 0.320 e. The third-order valence-electron chi connectivity index (χ3n) is 2.84.